The molecule has 0 spiro atoms. The zero-order chi connectivity index (χ0) is 11.3. The highest BCUT2D eigenvalue weighted by Gasteiger charge is 2.09. The van der Waals surface area contributed by atoms with Crippen molar-refractivity contribution in [2.75, 3.05) is 5.73 Å². The summed E-state index contributed by atoms with van der Waals surface area (Å²) >= 11 is 5.42. The average molecular weight is 226 g/mol. The Morgan fingerprint density at radius 2 is 2.13 bits per heavy atom. The molecule has 0 saturated carbocycles. The number of nitrogen functional groups attached to an aromatic ring is 1. The first-order valence-electron chi connectivity index (χ1n) is 5.24. The van der Waals surface area contributed by atoms with Gasteiger partial charge in [-0.2, -0.15) is 0 Å². The van der Waals surface area contributed by atoms with Crippen LogP contribution in [0.15, 0.2) is 18.2 Å². The van der Waals surface area contributed by atoms with E-state index >= 15 is 0 Å². The molecule has 2 nitrogen and oxygen atoms in total. The molecule has 82 valence electrons. The maximum absolute atomic E-state index is 11.0. The summed E-state index contributed by atoms with van der Waals surface area (Å²) in [5.41, 5.74) is 7.84. The predicted molar refractivity (Wildman–Crippen MR) is 64.3 cm³/mol. The number of para-hydroxylation sites is 1. The zero-order valence-electron chi connectivity index (χ0n) is 8.92. The van der Waals surface area contributed by atoms with Crippen molar-refractivity contribution in [3.05, 3.63) is 29.3 Å². The Kier molecular flexibility index (Phi) is 4.63. The molecular weight excluding hydrogens is 210 g/mol. The minimum atomic E-state index is -0.482. The molecule has 0 heterocycles. The van der Waals surface area contributed by atoms with Crippen LogP contribution in [0, 0.1) is 0 Å². The minimum absolute atomic E-state index is 0.422. The monoisotopic (exact) mass is 225 g/mol. The van der Waals surface area contributed by atoms with Crippen LogP contribution in [0.25, 0.3) is 0 Å². The van der Waals surface area contributed by atoms with Gasteiger partial charge in [0.2, 0.25) is 0 Å². The molecule has 0 aromatic heterocycles. The number of carbonyl (C=O) groups is 1. The molecule has 0 radical (unpaired) electrons. The Labute approximate surface area is 95.4 Å². The topological polar surface area (TPSA) is 43.1 Å². The second-order valence-electron chi connectivity index (χ2n) is 3.61. The number of halogens is 1. The number of benzene rings is 1. The number of unbranched alkanes of at least 4 members (excludes halogenated alkanes) is 2. The number of hydrogen-bond acceptors (Lipinski definition) is 2. The fraction of sp³-hybridized carbons (Fsp3) is 0.417. The van der Waals surface area contributed by atoms with Crippen LogP contribution in [-0.2, 0) is 6.42 Å². The SMILES string of the molecule is CCCCCc1cccc(C(=O)Cl)c1N. The fourth-order valence-corrected chi connectivity index (χ4v) is 1.73. The summed E-state index contributed by atoms with van der Waals surface area (Å²) in [5, 5.41) is -0.482. The van der Waals surface area contributed by atoms with Crippen LogP contribution in [0.4, 0.5) is 5.69 Å². The molecular formula is C12H16ClNO. The van der Waals surface area contributed by atoms with Crippen LogP contribution in [0.3, 0.4) is 0 Å². The highest BCUT2D eigenvalue weighted by atomic mass is 35.5. The van der Waals surface area contributed by atoms with Gasteiger partial charge >= 0.3 is 0 Å². The molecule has 1 rings (SSSR count). The number of nitrogens with two attached hydrogens (primary N) is 1. The highest BCUT2D eigenvalue weighted by molar-refractivity contribution is 6.68. The molecule has 1 aromatic rings. The fourth-order valence-electron chi connectivity index (χ4n) is 1.57. The summed E-state index contributed by atoms with van der Waals surface area (Å²) < 4.78 is 0. The maximum atomic E-state index is 11.0. The summed E-state index contributed by atoms with van der Waals surface area (Å²) in [4.78, 5) is 11.0. The Bertz CT molecular complexity index is 349. The van der Waals surface area contributed by atoms with Crippen molar-refractivity contribution in [2.45, 2.75) is 32.6 Å². The van der Waals surface area contributed by atoms with Gasteiger partial charge in [-0.15, -0.1) is 0 Å². The average Bonchev–Trinajstić information content (AvgIpc) is 2.20. The van der Waals surface area contributed by atoms with Gasteiger partial charge in [-0.1, -0.05) is 31.9 Å². The van der Waals surface area contributed by atoms with Gasteiger partial charge in [0, 0.05) is 5.69 Å². The predicted octanol–water partition coefficient (Wildman–Crippen LogP) is 3.38. The van der Waals surface area contributed by atoms with Crippen LogP contribution in [0.2, 0.25) is 0 Å². The quantitative estimate of drug-likeness (QED) is 0.474. The van der Waals surface area contributed by atoms with E-state index in [-0.39, 0.29) is 0 Å². The lowest BCUT2D eigenvalue weighted by Gasteiger charge is -2.07. The van der Waals surface area contributed by atoms with Crippen molar-refractivity contribution in [1.29, 1.82) is 0 Å². The van der Waals surface area contributed by atoms with Crippen LogP contribution in [0.1, 0.15) is 42.1 Å². The van der Waals surface area contributed by atoms with Crippen molar-refractivity contribution in [3.63, 3.8) is 0 Å². The molecule has 0 fully saturated rings. The van der Waals surface area contributed by atoms with E-state index in [1.165, 1.54) is 12.8 Å². The van der Waals surface area contributed by atoms with Gasteiger partial charge in [0.1, 0.15) is 0 Å². The molecule has 0 amide bonds. The first-order valence-corrected chi connectivity index (χ1v) is 5.61. The summed E-state index contributed by atoms with van der Waals surface area (Å²) in [6.07, 6.45) is 4.37. The van der Waals surface area contributed by atoms with E-state index in [2.05, 4.69) is 6.92 Å². The molecule has 2 N–H and O–H groups in total. The first-order chi connectivity index (χ1) is 7.16. The molecule has 0 aliphatic carbocycles. The van der Waals surface area contributed by atoms with E-state index in [0.717, 1.165) is 18.4 Å². The normalized spacial score (nSPS) is 10.3. The minimum Gasteiger partial charge on any atom is -0.398 e. The molecule has 3 heteroatoms. The van der Waals surface area contributed by atoms with Gasteiger partial charge in [0.05, 0.1) is 5.56 Å². The van der Waals surface area contributed by atoms with Gasteiger partial charge < -0.3 is 5.73 Å². The van der Waals surface area contributed by atoms with E-state index in [1.54, 1.807) is 6.07 Å². The first kappa shape index (κ1) is 12.1. The summed E-state index contributed by atoms with van der Waals surface area (Å²) in [7, 11) is 0. The molecule has 0 aliphatic heterocycles. The third kappa shape index (κ3) is 3.24. The summed E-state index contributed by atoms with van der Waals surface area (Å²) in [5.74, 6) is 0. The maximum Gasteiger partial charge on any atom is 0.254 e. The zero-order valence-corrected chi connectivity index (χ0v) is 9.68. The van der Waals surface area contributed by atoms with Crippen molar-refractivity contribution in [2.24, 2.45) is 0 Å². The smallest absolute Gasteiger partial charge is 0.254 e. The van der Waals surface area contributed by atoms with Gasteiger partial charge in [-0.05, 0) is 36.1 Å². The number of anilines is 1. The van der Waals surface area contributed by atoms with Crippen LogP contribution >= 0.6 is 11.6 Å². The third-order valence-electron chi connectivity index (χ3n) is 2.46. The van der Waals surface area contributed by atoms with Crippen molar-refractivity contribution in [3.8, 4) is 0 Å². The molecule has 0 bridgehead atoms. The lowest BCUT2D eigenvalue weighted by atomic mass is 10.0. The van der Waals surface area contributed by atoms with E-state index < -0.39 is 5.24 Å². The molecule has 15 heavy (non-hydrogen) atoms. The van der Waals surface area contributed by atoms with Crippen LogP contribution in [-0.4, -0.2) is 5.24 Å². The molecule has 0 aliphatic rings. The number of aryl methyl sites for hydroxylation is 1. The number of hydrogen-bond donors (Lipinski definition) is 1. The lowest BCUT2D eigenvalue weighted by Crippen LogP contribution is -2.02. The number of rotatable bonds is 5. The van der Waals surface area contributed by atoms with Gasteiger partial charge in [-0.3, -0.25) is 4.79 Å². The van der Waals surface area contributed by atoms with E-state index in [1.807, 2.05) is 12.1 Å². The molecule has 0 unspecified atom stereocenters. The Morgan fingerprint density at radius 1 is 1.40 bits per heavy atom. The van der Waals surface area contributed by atoms with Crippen molar-refractivity contribution < 1.29 is 4.79 Å². The summed E-state index contributed by atoms with van der Waals surface area (Å²) in [6.45, 7) is 2.15. The highest BCUT2D eigenvalue weighted by Crippen LogP contribution is 2.21. The van der Waals surface area contributed by atoms with Crippen molar-refractivity contribution >= 4 is 22.5 Å². The lowest BCUT2D eigenvalue weighted by molar-refractivity contribution is 0.108. The Morgan fingerprint density at radius 3 is 2.73 bits per heavy atom. The van der Waals surface area contributed by atoms with Crippen molar-refractivity contribution in [1.82, 2.24) is 0 Å². The van der Waals surface area contributed by atoms with Gasteiger partial charge in [0.25, 0.3) is 5.24 Å². The second-order valence-corrected chi connectivity index (χ2v) is 3.95. The second kappa shape index (κ2) is 5.76. The number of carbonyl (C=O) groups excluding carboxylic acids is 1. The van der Waals surface area contributed by atoms with E-state index in [9.17, 15) is 4.79 Å². The van der Waals surface area contributed by atoms with Gasteiger partial charge in [0.15, 0.2) is 0 Å². The molecule has 0 atom stereocenters. The van der Waals surface area contributed by atoms with Crippen LogP contribution < -0.4 is 5.73 Å². The van der Waals surface area contributed by atoms with E-state index in [4.69, 9.17) is 17.3 Å². The Balaban J connectivity index is 2.80. The molecule has 1 aromatic carbocycles. The molecule has 0 saturated heterocycles. The standard InChI is InChI=1S/C12H16ClNO/c1-2-3-4-6-9-7-5-8-10(11(9)14)12(13)15/h5,7-8H,2-4,6,14H2,1H3. The largest absolute Gasteiger partial charge is 0.398 e. The van der Waals surface area contributed by atoms with Gasteiger partial charge in [-0.25, -0.2) is 0 Å². The van der Waals surface area contributed by atoms with Crippen LogP contribution in [0.5, 0.6) is 0 Å². The van der Waals surface area contributed by atoms with E-state index in [0.29, 0.717) is 11.3 Å². The summed E-state index contributed by atoms with van der Waals surface area (Å²) in [6, 6.07) is 5.44. The third-order valence-corrected chi connectivity index (χ3v) is 2.66. The Hall–Kier alpha value is -1.02.